The quantitative estimate of drug-likeness (QED) is 0.808. The van der Waals surface area contributed by atoms with Gasteiger partial charge in [0.05, 0.1) is 5.69 Å². The summed E-state index contributed by atoms with van der Waals surface area (Å²) in [5.74, 6) is -0.998. The number of benzene rings is 1. The molecule has 15 heavy (non-hydrogen) atoms. The lowest BCUT2D eigenvalue weighted by Gasteiger charge is -1.98. The van der Waals surface area contributed by atoms with Crippen LogP contribution in [0.5, 0.6) is 0 Å². The number of nitrogens with zero attached hydrogens (tertiary/aromatic N) is 2. The lowest BCUT2D eigenvalue weighted by molar-refractivity contribution is 0.0689. The SMILES string of the molecule is Cc1cn(-c2ccccc2)nc1C(=O)O. The molecule has 0 atom stereocenters. The Bertz CT molecular complexity index is 489. The highest BCUT2D eigenvalue weighted by Crippen LogP contribution is 2.11. The summed E-state index contributed by atoms with van der Waals surface area (Å²) < 4.78 is 1.57. The minimum Gasteiger partial charge on any atom is -0.476 e. The maximum Gasteiger partial charge on any atom is 0.356 e. The molecular formula is C11H10N2O2. The Kier molecular flexibility index (Phi) is 2.25. The molecule has 0 radical (unpaired) electrons. The zero-order valence-corrected chi connectivity index (χ0v) is 8.21. The highest BCUT2D eigenvalue weighted by molar-refractivity contribution is 5.86. The smallest absolute Gasteiger partial charge is 0.356 e. The molecule has 0 fully saturated rings. The summed E-state index contributed by atoms with van der Waals surface area (Å²) in [6.45, 7) is 1.73. The number of hydrogen-bond donors (Lipinski definition) is 1. The third kappa shape index (κ3) is 1.74. The number of carboxylic acids is 1. The number of aryl methyl sites for hydroxylation is 1. The highest BCUT2D eigenvalue weighted by atomic mass is 16.4. The number of rotatable bonds is 2. The van der Waals surface area contributed by atoms with E-state index in [1.807, 2.05) is 30.3 Å². The van der Waals surface area contributed by atoms with Crippen molar-refractivity contribution in [3.8, 4) is 5.69 Å². The Morgan fingerprint density at radius 1 is 1.33 bits per heavy atom. The average Bonchev–Trinajstić information content (AvgIpc) is 2.62. The molecule has 0 amide bonds. The molecule has 1 aromatic carbocycles. The molecule has 0 bridgehead atoms. The molecule has 4 nitrogen and oxygen atoms in total. The van der Waals surface area contributed by atoms with E-state index in [2.05, 4.69) is 5.10 Å². The molecule has 1 heterocycles. The molecule has 0 aliphatic heterocycles. The van der Waals surface area contributed by atoms with Crippen LogP contribution in [-0.4, -0.2) is 20.9 Å². The van der Waals surface area contributed by atoms with Gasteiger partial charge in [0.15, 0.2) is 5.69 Å². The Balaban J connectivity index is 2.48. The minimum atomic E-state index is -0.998. The third-order valence-corrected chi connectivity index (χ3v) is 2.12. The lowest BCUT2D eigenvalue weighted by Crippen LogP contribution is -2.01. The van der Waals surface area contributed by atoms with E-state index >= 15 is 0 Å². The van der Waals surface area contributed by atoms with Gasteiger partial charge < -0.3 is 5.11 Å². The molecule has 76 valence electrons. The maximum absolute atomic E-state index is 10.8. The highest BCUT2D eigenvalue weighted by Gasteiger charge is 2.12. The summed E-state index contributed by atoms with van der Waals surface area (Å²) in [5.41, 5.74) is 1.61. The predicted molar refractivity (Wildman–Crippen MR) is 55.3 cm³/mol. The zero-order chi connectivity index (χ0) is 10.8. The number of aromatic carboxylic acids is 1. The van der Waals surface area contributed by atoms with Gasteiger partial charge >= 0.3 is 5.97 Å². The fourth-order valence-corrected chi connectivity index (χ4v) is 1.38. The normalized spacial score (nSPS) is 10.2. The van der Waals surface area contributed by atoms with Crippen molar-refractivity contribution in [1.29, 1.82) is 0 Å². The first-order valence-corrected chi connectivity index (χ1v) is 4.53. The van der Waals surface area contributed by atoms with Crippen molar-refractivity contribution in [2.45, 2.75) is 6.92 Å². The molecule has 0 spiro atoms. The van der Waals surface area contributed by atoms with Gasteiger partial charge in [-0.15, -0.1) is 0 Å². The molecule has 4 heteroatoms. The minimum absolute atomic E-state index is 0.0962. The number of aromatic nitrogens is 2. The topological polar surface area (TPSA) is 55.1 Å². The first-order chi connectivity index (χ1) is 7.18. The average molecular weight is 202 g/mol. The van der Waals surface area contributed by atoms with Gasteiger partial charge in [-0.05, 0) is 19.1 Å². The number of hydrogen-bond acceptors (Lipinski definition) is 2. The predicted octanol–water partition coefficient (Wildman–Crippen LogP) is 1.88. The van der Waals surface area contributed by atoms with Crippen LogP contribution in [-0.2, 0) is 0 Å². The van der Waals surface area contributed by atoms with Crippen LogP contribution in [0.1, 0.15) is 16.1 Å². The molecule has 2 aromatic rings. The van der Waals surface area contributed by atoms with Crippen LogP contribution < -0.4 is 0 Å². The second-order valence-corrected chi connectivity index (χ2v) is 3.25. The van der Waals surface area contributed by atoms with E-state index in [9.17, 15) is 4.79 Å². The van der Waals surface area contributed by atoms with Crippen molar-refractivity contribution in [3.05, 3.63) is 47.8 Å². The molecule has 2 rings (SSSR count). The molecule has 1 aromatic heterocycles. The van der Waals surface area contributed by atoms with Gasteiger partial charge in [-0.2, -0.15) is 5.10 Å². The molecule has 0 saturated heterocycles. The van der Waals surface area contributed by atoms with E-state index in [1.54, 1.807) is 17.8 Å². The van der Waals surface area contributed by atoms with E-state index in [1.165, 1.54) is 0 Å². The summed E-state index contributed by atoms with van der Waals surface area (Å²) in [5, 5.41) is 12.8. The van der Waals surface area contributed by atoms with Gasteiger partial charge in [-0.1, -0.05) is 18.2 Å². The summed E-state index contributed by atoms with van der Waals surface area (Å²) in [6, 6.07) is 9.41. The third-order valence-electron chi connectivity index (χ3n) is 2.12. The zero-order valence-electron chi connectivity index (χ0n) is 8.21. The second kappa shape index (κ2) is 3.57. The van der Waals surface area contributed by atoms with Crippen LogP contribution in [0.15, 0.2) is 36.5 Å². The van der Waals surface area contributed by atoms with Crippen molar-refractivity contribution >= 4 is 5.97 Å². The van der Waals surface area contributed by atoms with Crippen molar-refractivity contribution in [1.82, 2.24) is 9.78 Å². The van der Waals surface area contributed by atoms with Gasteiger partial charge in [0.1, 0.15) is 0 Å². The molecule has 0 unspecified atom stereocenters. The van der Waals surface area contributed by atoms with E-state index in [-0.39, 0.29) is 5.69 Å². The van der Waals surface area contributed by atoms with E-state index in [4.69, 9.17) is 5.11 Å². The maximum atomic E-state index is 10.8. The Morgan fingerprint density at radius 3 is 2.53 bits per heavy atom. The monoisotopic (exact) mass is 202 g/mol. The van der Waals surface area contributed by atoms with Crippen LogP contribution >= 0.6 is 0 Å². The largest absolute Gasteiger partial charge is 0.476 e. The fourth-order valence-electron chi connectivity index (χ4n) is 1.38. The molecule has 0 saturated carbocycles. The molecule has 0 aliphatic carbocycles. The first-order valence-electron chi connectivity index (χ1n) is 4.53. The summed E-state index contributed by atoms with van der Waals surface area (Å²) in [4.78, 5) is 10.8. The van der Waals surface area contributed by atoms with Crippen LogP contribution in [0.2, 0.25) is 0 Å². The molecule has 0 aliphatic rings. The van der Waals surface area contributed by atoms with Crippen molar-refractivity contribution in [2.75, 3.05) is 0 Å². The molecule has 1 N–H and O–H groups in total. The second-order valence-electron chi connectivity index (χ2n) is 3.25. The van der Waals surface area contributed by atoms with Crippen LogP contribution in [0.4, 0.5) is 0 Å². The van der Waals surface area contributed by atoms with Crippen LogP contribution in [0.25, 0.3) is 5.69 Å². The lowest BCUT2D eigenvalue weighted by atomic mass is 10.3. The van der Waals surface area contributed by atoms with Crippen LogP contribution in [0.3, 0.4) is 0 Å². The first kappa shape index (κ1) is 9.45. The van der Waals surface area contributed by atoms with Gasteiger partial charge in [-0.25, -0.2) is 9.48 Å². The Labute approximate surface area is 86.8 Å². The van der Waals surface area contributed by atoms with E-state index in [0.29, 0.717) is 5.56 Å². The van der Waals surface area contributed by atoms with E-state index < -0.39 is 5.97 Å². The van der Waals surface area contributed by atoms with Crippen molar-refractivity contribution < 1.29 is 9.90 Å². The van der Waals surface area contributed by atoms with Gasteiger partial charge in [0, 0.05) is 11.8 Å². The van der Waals surface area contributed by atoms with Gasteiger partial charge in [-0.3, -0.25) is 0 Å². The van der Waals surface area contributed by atoms with Crippen molar-refractivity contribution in [3.63, 3.8) is 0 Å². The number of carboxylic acid groups (broad SMARTS) is 1. The standard InChI is InChI=1S/C11H10N2O2/c1-8-7-13(12-10(8)11(14)15)9-5-3-2-4-6-9/h2-7H,1H3,(H,14,15). The molecular weight excluding hydrogens is 192 g/mol. The Morgan fingerprint density at radius 2 is 2.00 bits per heavy atom. The number of para-hydroxylation sites is 1. The summed E-state index contributed by atoms with van der Waals surface area (Å²) >= 11 is 0. The van der Waals surface area contributed by atoms with Gasteiger partial charge in [0.2, 0.25) is 0 Å². The summed E-state index contributed by atoms with van der Waals surface area (Å²) in [7, 11) is 0. The summed E-state index contributed by atoms with van der Waals surface area (Å²) in [6.07, 6.45) is 1.71. The van der Waals surface area contributed by atoms with E-state index in [0.717, 1.165) is 5.69 Å². The van der Waals surface area contributed by atoms with Crippen LogP contribution in [0, 0.1) is 6.92 Å². The number of carbonyl (C=O) groups is 1. The Hall–Kier alpha value is -2.10. The fraction of sp³-hybridized carbons (Fsp3) is 0.0909. The van der Waals surface area contributed by atoms with Gasteiger partial charge in [0.25, 0.3) is 0 Å². The van der Waals surface area contributed by atoms with Crippen molar-refractivity contribution in [2.24, 2.45) is 0 Å².